The Morgan fingerprint density at radius 2 is 2.04 bits per heavy atom. The number of nitrogens with zero attached hydrogens (tertiary/aromatic N) is 1. The smallest absolute Gasteiger partial charge is 0.224 e. The van der Waals surface area contributed by atoms with Crippen LogP contribution in [0.1, 0.15) is 43.1 Å². The number of pyridine rings is 1. The number of ketones is 1. The number of halogens is 2. The molecule has 0 aliphatic carbocycles. The quantitative estimate of drug-likeness (QED) is 0.610. The highest BCUT2D eigenvalue weighted by Crippen LogP contribution is 2.28. The molecule has 2 N–H and O–H groups in total. The zero-order valence-corrected chi connectivity index (χ0v) is 14.7. The Kier molecular flexibility index (Phi) is 6.45. The van der Waals surface area contributed by atoms with Crippen molar-refractivity contribution in [1.29, 1.82) is 0 Å². The predicted octanol–water partition coefficient (Wildman–Crippen LogP) is 4.46. The topological polar surface area (TPSA) is 84.1 Å². The molecule has 0 radical (unpaired) electrons. The number of aromatic nitrogens is 2. The van der Waals surface area contributed by atoms with Gasteiger partial charge in [0.05, 0.1) is 24.6 Å². The highest BCUT2D eigenvalue weighted by Gasteiger charge is 2.25. The molecule has 28 heavy (non-hydrogen) atoms. The first-order valence-corrected chi connectivity index (χ1v) is 8.30. The van der Waals surface area contributed by atoms with Crippen LogP contribution in [0.4, 0.5) is 14.5 Å². The van der Waals surface area contributed by atoms with Gasteiger partial charge in [0.15, 0.2) is 5.82 Å². The largest absolute Gasteiger partial charge is 0.495 e. The molecule has 0 saturated heterocycles. The Balaban J connectivity index is 0.00000280. The van der Waals surface area contributed by atoms with E-state index in [1.54, 1.807) is 13.0 Å². The number of carbonyl (C=O) groups is 2. The molecule has 0 atom stereocenters. The number of aromatic amines is 1. The number of benzene rings is 1. The number of carbonyl (C=O) groups excluding carboxylic acids is 2. The number of methoxy groups -OCH3 is 1. The number of H-pyrrole nitrogens is 1. The zero-order valence-electron chi connectivity index (χ0n) is 14.7. The molecule has 0 unspecified atom stereocenters. The molecule has 0 bridgehead atoms. The van der Waals surface area contributed by atoms with E-state index in [1.165, 1.54) is 19.5 Å². The fourth-order valence-electron chi connectivity index (χ4n) is 2.72. The van der Waals surface area contributed by atoms with E-state index in [2.05, 4.69) is 15.3 Å². The maximum Gasteiger partial charge on any atom is 0.224 e. The molecule has 3 aromatic rings. The number of hydrogen-bond acceptors (Lipinski definition) is 4. The summed E-state index contributed by atoms with van der Waals surface area (Å²) in [4.78, 5) is 31.5. The van der Waals surface area contributed by atoms with Crippen LogP contribution in [0.25, 0.3) is 11.0 Å². The van der Waals surface area contributed by atoms with Crippen LogP contribution in [0, 0.1) is 11.6 Å². The van der Waals surface area contributed by atoms with Crippen LogP contribution in [-0.2, 0) is 4.79 Å². The van der Waals surface area contributed by atoms with Gasteiger partial charge < -0.3 is 15.0 Å². The molecular weight excluding hydrogens is 368 g/mol. The minimum absolute atomic E-state index is 0. The normalized spacial score (nSPS) is 10.4. The minimum atomic E-state index is -1.12. The van der Waals surface area contributed by atoms with Crippen molar-refractivity contribution in [1.82, 2.24) is 9.97 Å². The first-order valence-electron chi connectivity index (χ1n) is 8.30. The van der Waals surface area contributed by atoms with Crippen molar-refractivity contribution in [3.8, 4) is 5.75 Å². The fraction of sp³-hybridized carbons (Fsp3) is 0.250. The number of amides is 1. The third-order valence-corrected chi connectivity index (χ3v) is 4.06. The van der Waals surface area contributed by atoms with Crippen LogP contribution in [0.2, 0.25) is 0 Å². The van der Waals surface area contributed by atoms with E-state index in [9.17, 15) is 18.4 Å². The number of fused-ring (bicyclic) bond motifs is 1. The maximum atomic E-state index is 14.8. The zero-order chi connectivity index (χ0) is 19.6. The van der Waals surface area contributed by atoms with Crippen molar-refractivity contribution in [2.75, 3.05) is 12.4 Å². The van der Waals surface area contributed by atoms with Gasteiger partial charge in [0, 0.05) is 23.6 Å². The highest BCUT2D eigenvalue weighted by atomic mass is 19.1. The van der Waals surface area contributed by atoms with Crippen molar-refractivity contribution in [3.63, 3.8) is 0 Å². The van der Waals surface area contributed by atoms with Crippen LogP contribution in [0.3, 0.4) is 0 Å². The Bertz CT molecular complexity index is 1030. The van der Waals surface area contributed by atoms with E-state index in [0.29, 0.717) is 23.2 Å². The third-order valence-electron chi connectivity index (χ3n) is 4.06. The van der Waals surface area contributed by atoms with Gasteiger partial charge in [-0.15, -0.1) is 0 Å². The average molecular weight is 389 g/mol. The van der Waals surface area contributed by atoms with Crippen molar-refractivity contribution in [2.45, 2.75) is 27.2 Å². The third kappa shape index (κ3) is 3.85. The minimum Gasteiger partial charge on any atom is -0.495 e. The van der Waals surface area contributed by atoms with Gasteiger partial charge in [-0.1, -0.05) is 14.4 Å². The maximum absolute atomic E-state index is 14.8. The average Bonchev–Trinajstić information content (AvgIpc) is 3.07. The van der Waals surface area contributed by atoms with Crippen molar-refractivity contribution in [3.05, 3.63) is 53.4 Å². The summed E-state index contributed by atoms with van der Waals surface area (Å²) in [7, 11) is 1.44. The van der Waals surface area contributed by atoms with Gasteiger partial charge in [-0.3, -0.25) is 9.59 Å². The van der Waals surface area contributed by atoms with Crippen molar-refractivity contribution in [2.24, 2.45) is 0 Å². The van der Waals surface area contributed by atoms with Crippen LogP contribution < -0.4 is 10.1 Å². The lowest BCUT2D eigenvalue weighted by Gasteiger charge is -2.10. The molecule has 0 saturated carbocycles. The lowest BCUT2D eigenvalue weighted by atomic mass is 10.0. The molecular formula is C20H21F2N3O3. The molecule has 2 heterocycles. The SMILES string of the molecule is C.CCCC(=O)Nc1ccc(F)c(C(=O)c2c[nH]c3ncc(OC)cc23)c1F. The van der Waals surface area contributed by atoms with Gasteiger partial charge in [0.25, 0.3) is 0 Å². The van der Waals surface area contributed by atoms with E-state index in [4.69, 9.17) is 4.74 Å². The van der Waals surface area contributed by atoms with Gasteiger partial charge in [-0.05, 0) is 24.6 Å². The van der Waals surface area contributed by atoms with Gasteiger partial charge in [-0.2, -0.15) is 0 Å². The number of ether oxygens (including phenoxy) is 1. The van der Waals surface area contributed by atoms with Crippen LogP contribution in [-0.4, -0.2) is 28.8 Å². The van der Waals surface area contributed by atoms with Crippen molar-refractivity contribution >= 4 is 28.4 Å². The Morgan fingerprint density at radius 1 is 1.29 bits per heavy atom. The van der Waals surface area contributed by atoms with Gasteiger partial charge in [-0.25, -0.2) is 13.8 Å². The summed E-state index contributed by atoms with van der Waals surface area (Å²) in [6.07, 6.45) is 3.55. The lowest BCUT2D eigenvalue weighted by Crippen LogP contribution is -2.15. The predicted molar refractivity (Wildman–Crippen MR) is 103 cm³/mol. The molecule has 3 rings (SSSR count). The molecule has 0 aliphatic rings. The Labute approximate surface area is 160 Å². The second-order valence-electron chi connectivity index (χ2n) is 5.88. The first-order chi connectivity index (χ1) is 13.0. The van der Waals surface area contributed by atoms with Crippen molar-refractivity contribution < 1.29 is 23.1 Å². The van der Waals surface area contributed by atoms with E-state index < -0.39 is 28.9 Å². The molecule has 1 aromatic carbocycles. The monoisotopic (exact) mass is 389 g/mol. The van der Waals surface area contributed by atoms with Crippen LogP contribution in [0.15, 0.2) is 30.6 Å². The first kappa shape index (κ1) is 21.0. The Hall–Kier alpha value is -3.29. The molecule has 0 fully saturated rings. The molecule has 1 amide bonds. The van der Waals surface area contributed by atoms with Gasteiger partial charge in [0.2, 0.25) is 11.7 Å². The number of anilines is 1. The second-order valence-corrected chi connectivity index (χ2v) is 5.88. The molecule has 8 heteroatoms. The van der Waals surface area contributed by atoms with Gasteiger partial charge in [0.1, 0.15) is 17.2 Å². The van der Waals surface area contributed by atoms with E-state index in [0.717, 1.165) is 12.1 Å². The molecule has 148 valence electrons. The standard InChI is InChI=1S/C19H17F2N3O3.CH4/c1-3-4-15(25)24-14-6-5-13(20)16(17(14)21)18(26)12-9-23-19-11(12)7-10(27-2)8-22-19;/h5-9H,3-4H2,1-2H3,(H,22,23)(H,24,25);1H4. The summed E-state index contributed by atoms with van der Waals surface area (Å²) in [6.45, 7) is 1.80. The number of hydrogen-bond donors (Lipinski definition) is 2. The summed E-state index contributed by atoms with van der Waals surface area (Å²) < 4.78 is 34.2. The second kappa shape index (κ2) is 8.60. The molecule has 6 nitrogen and oxygen atoms in total. The number of nitrogens with one attached hydrogen (secondary N) is 2. The summed E-state index contributed by atoms with van der Waals surface area (Å²) >= 11 is 0. The summed E-state index contributed by atoms with van der Waals surface area (Å²) in [5.74, 6) is -3.01. The van der Waals surface area contributed by atoms with Gasteiger partial charge >= 0.3 is 0 Å². The molecule has 0 spiro atoms. The molecule has 2 aromatic heterocycles. The summed E-state index contributed by atoms with van der Waals surface area (Å²) in [6, 6.07) is 3.59. The number of rotatable bonds is 6. The molecule has 0 aliphatic heterocycles. The fourth-order valence-corrected chi connectivity index (χ4v) is 2.72. The van der Waals surface area contributed by atoms with E-state index in [-0.39, 0.29) is 25.1 Å². The summed E-state index contributed by atoms with van der Waals surface area (Å²) in [5.41, 5.74) is -0.555. The van der Waals surface area contributed by atoms with E-state index >= 15 is 0 Å². The lowest BCUT2D eigenvalue weighted by molar-refractivity contribution is -0.116. The van der Waals surface area contributed by atoms with Crippen LogP contribution >= 0.6 is 0 Å². The summed E-state index contributed by atoms with van der Waals surface area (Å²) in [5, 5.41) is 2.74. The van der Waals surface area contributed by atoms with Crippen LogP contribution in [0.5, 0.6) is 5.75 Å². The Morgan fingerprint density at radius 3 is 2.71 bits per heavy atom. The highest BCUT2D eigenvalue weighted by molar-refractivity contribution is 6.16. The van der Waals surface area contributed by atoms with E-state index in [1.807, 2.05) is 0 Å².